The van der Waals surface area contributed by atoms with Gasteiger partial charge in [0.15, 0.2) is 5.69 Å². The van der Waals surface area contributed by atoms with Crippen molar-refractivity contribution in [1.82, 2.24) is 24.5 Å². The number of likely N-dealkylation sites (tertiary alicyclic amines) is 1. The summed E-state index contributed by atoms with van der Waals surface area (Å²) in [6.07, 6.45) is -2.00. The van der Waals surface area contributed by atoms with Crippen molar-refractivity contribution in [2.75, 3.05) is 6.54 Å². The van der Waals surface area contributed by atoms with Crippen LogP contribution in [0.2, 0.25) is 5.02 Å². The minimum absolute atomic E-state index is 0.0155. The van der Waals surface area contributed by atoms with Crippen molar-refractivity contribution < 1.29 is 18.0 Å². The lowest BCUT2D eigenvalue weighted by Gasteiger charge is -2.39. The first kappa shape index (κ1) is 22.1. The van der Waals surface area contributed by atoms with Crippen molar-refractivity contribution in [1.29, 1.82) is 0 Å². The van der Waals surface area contributed by atoms with Crippen LogP contribution in [0.25, 0.3) is 17.0 Å². The number of aromatic nitrogens is 4. The van der Waals surface area contributed by atoms with Crippen LogP contribution < -0.4 is 0 Å². The lowest BCUT2D eigenvalue weighted by molar-refractivity contribution is -0.142. The van der Waals surface area contributed by atoms with Crippen LogP contribution in [0.15, 0.2) is 30.3 Å². The number of hydrogen-bond acceptors (Lipinski definition) is 4. The van der Waals surface area contributed by atoms with Gasteiger partial charge < -0.3 is 4.90 Å². The molecule has 1 aromatic carbocycles. The van der Waals surface area contributed by atoms with Gasteiger partial charge in [-0.25, -0.2) is 4.98 Å². The summed E-state index contributed by atoms with van der Waals surface area (Å²) in [5.41, 5.74) is -0.441. The third-order valence-electron chi connectivity index (χ3n) is 6.61. The second-order valence-corrected chi connectivity index (χ2v) is 10.8. The van der Waals surface area contributed by atoms with Gasteiger partial charge >= 0.3 is 6.18 Å². The maximum absolute atomic E-state index is 13.9. The summed E-state index contributed by atoms with van der Waals surface area (Å²) in [6.45, 7) is 7.08. The van der Waals surface area contributed by atoms with Gasteiger partial charge in [-0.3, -0.25) is 4.79 Å². The Hall–Kier alpha value is -2.68. The van der Waals surface area contributed by atoms with E-state index in [2.05, 4.69) is 35.8 Å². The molecule has 6 nitrogen and oxygen atoms in total. The monoisotopic (exact) mass is 477 g/mol. The fraction of sp³-hybridized carbons (Fsp3) is 0.478. The van der Waals surface area contributed by atoms with E-state index in [-0.39, 0.29) is 34.2 Å². The van der Waals surface area contributed by atoms with Crippen LogP contribution >= 0.6 is 11.6 Å². The van der Waals surface area contributed by atoms with Crippen molar-refractivity contribution in [3.05, 3.63) is 46.9 Å². The van der Waals surface area contributed by atoms with Crippen LogP contribution in [0.1, 0.15) is 56.3 Å². The van der Waals surface area contributed by atoms with Crippen molar-refractivity contribution in [3.63, 3.8) is 0 Å². The topological polar surface area (TPSA) is 63.4 Å². The number of fused-ring (bicyclic) bond motifs is 3. The van der Waals surface area contributed by atoms with Crippen LogP contribution in [0.3, 0.4) is 0 Å². The molecule has 174 valence electrons. The van der Waals surface area contributed by atoms with E-state index in [1.165, 1.54) is 0 Å². The fourth-order valence-corrected chi connectivity index (χ4v) is 5.88. The Bertz CT molecular complexity index is 1250. The van der Waals surface area contributed by atoms with Gasteiger partial charge in [-0.15, -0.1) is 5.10 Å². The summed E-state index contributed by atoms with van der Waals surface area (Å²) in [4.78, 5) is 23.5. The number of hydrogen-bond donors (Lipinski definition) is 0. The maximum Gasteiger partial charge on any atom is 0.433 e. The van der Waals surface area contributed by atoms with Crippen LogP contribution in [0, 0.1) is 10.8 Å². The first-order chi connectivity index (χ1) is 15.3. The van der Waals surface area contributed by atoms with Gasteiger partial charge in [-0.2, -0.15) is 22.7 Å². The predicted octanol–water partition coefficient (Wildman–Crippen LogP) is 5.50. The quantitative estimate of drug-likeness (QED) is 0.488. The molecule has 5 rings (SSSR count). The van der Waals surface area contributed by atoms with Gasteiger partial charge in [0.05, 0.1) is 5.69 Å². The van der Waals surface area contributed by atoms with E-state index in [1.807, 2.05) is 0 Å². The zero-order valence-corrected chi connectivity index (χ0v) is 19.2. The van der Waals surface area contributed by atoms with Gasteiger partial charge in [0.25, 0.3) is 11.7 Å². The molecule has 3 heterocycles. The van der Waals surface area contributed by atoms with Gasteiger partial charge in [0, 0.05) is 23.2 Å². The van der Waals surface area contributed by atoms with Crippen LogP contribution in [0.5, 0.6) is 0 Å². The largest absolute Gasteiger partial charge is 0.433 e. The number of halogens is 4. The highest BCUT2D eigenvalue weighted by Gasteiger charge is 2.51. The minimum atomic E-state index is -4.71. The number of carbonyl (C=O) groups is 1. The Balaban J connectivity index is 1.56. The summed E-state index contributed by atoms with van der Waals surface area (Å²) in [7, 11) is 0. The van der Waals surface area contributed by atoms with Crippen LogP contribution in [-0.2, 0) is 6.18 Å². The van der Waals surface area contributed by atoms with E-state index < -0.39 is 17.8 Å². The first-order valence-corrected chi connectivity index (χ1v) is 11.1. The highest BCUT2D eigenvalue weighted by molar-refractivity contribution is 6.30. The number of nitrogens with zero attached hydrogens (tertiary/aromatic N) is 5. The molecule has 2 aliphatic rings. The maximum atomic E-state index is 13.9. The predicted molar refractivity (Wildman–Crippen MR) is 117 cm³/mol. The van der Waals surface area contributed by atoms with E-state index in [9.17, 15) is 18.0 Å². The highest BCUT2D eigenvalue weighted by Crippen LogP contribution is 2.52. The number of amides is 1. The third-order valence-corrected chi connectivity index (χ3v) is 6.86. The molecular formula is C23H23ClF3N5O. The van der Waals surface area contributed by atoms with Crippen molar-refractivity contribution in [3.8, 4) is 11.3 Å². The SMILES string of the molecule is CC1(C)C[C@H]2C[C@](C)(CN2C(=O)c2nc3nc(-c4ccc(Cl)cc4)cc(C(F)(F)F)n3n2)C1. The van der Waals surface area contributed by atoms with Crippen LogP contribution in [-0.4, -0.2) is 43.0 Å². The molecule has 0 unspecified atom stereocenters. The van der Waals surface area contributed by atoms with E-state index in [0.29, 0.717) is 21.6 Å². The fourth-order valence-electron chi connectivity index (χ4n) is 5.76. The molecule has 10 heteroatoms. The Morgan fingerprint density at radius 1 is 1.12 bits per heavy atom. The van der Waals surface area contributed by atoms with Gasteiger partial charge in [-0.1, -0.05) is 44.5 Å². The molecule has 2 atom stereocenters. The Kier molecular flexibility index (Phi) is 4.80. The molecule has 2 bridgehead atoms. The number of carbonyl (C=O) groups excluding carboxylic acids is 1. The molecule has 2 fully saturated rings. The zero-order chi connectivity index (χ0) is 23.8. The van der Waals surface area contributed by atoms with E-state index >= 15 is 0 Å². The summed E-state index contributed by atoms with van der Waals surface area (Å²) < 4.78 is 42.2. The van der Waals surface area contributed by atoms with Crippen molar-refractivity contribution >= 4 is 23.3 Å². The number of rotatable bonds is 2. The highest BCUT2D eigenvalue weighted by atomic mass is 35.5. The summed E-state index contributed by atoms with van der Waals surface area (Å²) >= 11 is 5.90. The Morgan fingerprint density at radius 3 is 2.48 bits per heavy atom. The zero-order valence-electron chi connectivity index (χ0n) is 18.4. The Labute approximate surface area is 193 Å². The lowest BCUT2D eigenvalue weighted by Crippen LogP contribution is -2.38. The molecule has 1 aliphatic carbocycles. The molecule has 0 radical (unpaired) electrons. The number of alkyl halides is 3. The smallest absolute Gasteiger partial charge is 0.332 e. The second-order valence-electron chi connectivity index (χ2n) is 10.3. The molecule has 1 saturated heterocycles. The van der Waals surface area contributed by atoms with E-state index in [1.54, 1.807) is 29.2 Å². The van der Waals surface area contributed by atoms with Crippen LogP contribution in [0.4, 0.5) is 13.2 Å². The number of benzene rings is 1. The molecule has 1 amide bonds. The van der Waals surface area contributed by atoms with Gasteiger partial charge in [0.2, 0.25) is 5.82 Å². The Morgan fingerprint density at radius 2 is 1.82 bits per heavy atom. The molecular weight excluding hydrogens is 455 g/mol. The molecule has 0 N–H and O–H groups in total. The van der Waals surface area contributed by atoms with Crippen molar-refractivity contribution in [2.45, 2.75) is 52.3 Å². The summed E-state index contributed by atoms with van der Waals surface area (Å²) in [6, 6.07) is 7.24. The molecule has 3 aromatic rings. The molecule has 33 heavy (non-hydrogen) atoms. The summed E-state index contributed by atoms with van der Waals surface area (Å²) in [5.74, 6) is -0.991. The molecule has 1 aliphatic heterocycles. The normalized spacial score (nSPS) is 24.5. The van der Waals surface area contributed by atoms with E-state index in [0.717, 1.165) is 25.3 Å². The average Bonchev–Trinajstić information content (AvgIpc) is 3.23. The standard InChI is InChI=1S/C23H23ClF3N5O/c1-21(2)9-15-10-22(3,11-21)12-31(15)19(33)18-29-20-28-16(13-4-6-14(24)7-5-13)8-17(23(25,26)27)32(20)30-18/h4-8,15H,9-12H2,1-3H3/t15-,22-/m0/s1. The summed E-state index contributed by atoms with van der Waals surface area (Å²) in [5, 5.41) is 4.41. The minimum Gasteiger partial charge on any atom is -0.332 e. The lowest BCUT2D eigenvalue weighted by atomic mass is 9.65. The van der Waals surface area contributed by atoms with Crippen molar-refractivity contribution in [2.24, 2.45) is 10.8 Å². The third kappa shape index (κ3) is 3.96. The molecule has 0 spiro atoms. The van der Waals surface area contributed by atoms with Gasteiger partial charge in [-0.05, 0) is 48.3 Å². The second kappa shape index (κ2) is 7.16. The molecule has 1 saturated carbocycles. The average molecular weight is 478 g/mol. The molecule has 2 aromatic heterocycles. The first-order valence-electron chi connectivity index (χ1n) is 10.8. The van der Waals surface area contributed by atoms with E-state index in [4.69, 9.17) is 11.6 Å². The van der Waals surface area contributed by atoms with Gasteiger partial charge in [0.1, 0.15) is 0 Å².